The van der Waals surface area contributed by atoms with Crippen LogP contribution in [0.2, 0.25) is 0 Å². The zero-order chi connectivity index (χ0) is 19.7. The monoisotopic (exact) mass is 413 g/mol. The van der Waals surface area contributed by atoms with E-state index in [0.29, 0.717) is 5.69 Å². The number of nitrogens with zero attached hydrogens (tertiary/aromatic N) is 2. The van der Waals surface area contributed by atoms with Gasteiger partial charge in [0.1, 0.15) is 0 Å². The van der Waals surface area contributed by atoms with Crippen molar-refractivity contribution >= 4 is 40.0 Å². The van der Waals surface area contributed by atoms with Gasteiger partial charge in [0.2, 0.25) is 5.91 Å². The van der Waals surface area contributed by atoms with Crippen molar-refractivity contribution in [2.24, 2.45) is 0 Å². The minimum atomic E-state index is -0.454. The predicted octanol–water partition coefficient (Wildman–Crippen LogP) is 4.61. The Labute approximate surface area is 170 Å². The molecule has 0 saturated heterocycles. The highest BCUT2D eigenvalue weighted by Crippen LogP contribution is 2.39. The van der Waals surface area contributed by atoms with Crippen molar-refractivity contribution in [2.45, 2.75) is 19.4 Å². The maximum Gasteiger partial charge on any atom is 0.271 e. The number of anilines is 1. The van der Waals surface area contributed by atoms with Gasteiger partial charge in [0.05, 0.1) is 23.2 Å². The topological polar surface area (TPSA) is 75.5 Å². The predicted molar refractivity (Wildman–Crippen MR) is 112 cm³/mol. The molecule has 1 aromatic carbocycles. The molecule has 1 aliphatic rings. The quantitative estimate of drug-likeness (QED) is 0.489. The highest BCUT2D eigenvalue weighted by Gasteiger charge is 2.31. The second-order valence-corrected chi connectivity index (χ2v) is 8.72. The standard InChI is InChI=1S/C20H19N3O3S2/c1-13-4-5-14(23(25)26)11-16(13)21-19(24)12-22-8-6-17-15(7-10-28-17)20(22)18-3-2-9-27-18/h2-5,7,9-11,20H,6,8,12H2,1H3,(H,21,24). The highest BCUT2D eigenvalue weighted by molar-refractivity contribution is 7.10. The first-order valence-corrected chi connectivity index (χ1v) is 10.7. The van der Waals surface area contributed by atoms with E-state index in [1.807, 2.05) is 13.0 Å². The molecule has 1 aliphatic heterocycles. The number of amides is 1. The van der Waals surface area contributed by atoms with Crippen molar-refractivity contribution < 1.29 is 9.72 Å². The van der Waals surface area contributed by atoms with E-state index >= 15 is 0 Å². The van der Waals surface area contributed by atoms with Crippen LogP contribution in [-0.4, -0.2) is 28.8 Å². The van der Waals surface area contributed by atoms with Crippen molar-refractivity contribution in [3.05, 3.63) is 78.2 Å². The van der Waals surface area contributed by atoms with Crippen LogP contribution in [0.25, 0.3) is 0 Å². The summed E-state index contributed by atoms with van der Waals surface area (Å²) < 4.78 is 0. The molecule has 1 unspecified atom stereocenters. The second-order valence-electron chi connectivity index (χ2n) is 6.74. The zero-order valence-electron chi connectivity index (χ0n) is 15.3. The Morgan fingerprint density at radius 2 is 2.14 bits per heavy atom. The van der Waals surface area contributed by atoms with Crippen LogP contribution in [0, 0.1) is 17.0 Å². The van der Waals surface area contributed by atoms with Gasteiger partial charge in [-0.1, -0.05) is 12.1 Å². The number of hydrogen-bond donors (Lipinski definition) is 1. The van der Waals surface area contributed by atoms with Crippen molar-refractivity contribution in [1.29, 1.82) is 0 Å². The lowest BCUT2D eigenvalue weighted by Crippen LogP contribution is -2.40. The fourth-order valence-corrected chi connectivity index (χ4v) is 5.33. The van der Waals surface area contributed by atoms with Crippen LogP contribution in [0.1, 0.15) is 26.9 Å². The van der Waals surface area contributed by atoms with Gasteiger partial charge in [-0.05, 0) is 47.4 Å². The van der Waals surface area contributed by atoms with Gasteiger partial charge in [0.25, 0.3) is 5.69 Å². The Bertz CT molecular complexity index is 1010. The Balaban J connectivity index is 1.54. The van der Waals surface area contributed by atoms with Gasteiger partial charge in [0, 0.05) is 28.4 Å². The molecular formula is C20H19N3O3S2. The molecule has 0 radical (unpaired) electrons. The number of carbonyl (C=O) groups is 1. The van der Waals surface area contributed by atoms with E-state index in [-0.39, 0.29) is 24.2 Å². The number of carbonyl (C=O) groups excluding carboxylic acids is 1. The van der Waals surface area contributed by atoms with Crippen molar-refractivity contribution in [2.75, 3.05) is 18.4 Å². The van der Waals surface area contributed by atoms with Gasteiger partial charge in [-0.25, -0.2) is 0 Å². The lowest BCUT2D eigenvalue weighted by molar-refractivity contribution is -0.384. The van der Waals surface area contributed by atoms with Gasteiger partial charge in [0.15, 0.2) is 0 Å². The summed E-state index contributed by atoms with van der Waals surface area (Å²) in [5.41, 5.74) is 2.53. The third-order valence-corrected chi connectivity index (χ3v) is 6.85. The number of aryl methyl sites for hydroxylation is 1. The highest BCUT2D eigenvalue weighted by atomic mass is 32.1. The zero-order valence-corrected chi connectivity index (χ0v) is 16.9. The van der Waals surface area contributed by atoms with E-state index in [0.717, 1.165) is 18.5 Å². The van der Waals surface area contributed by atoms with Crippen LogP contribution in [0.5, 0.6) is 0 Å². The molecule has 144 valence electrons. The summed E-state index contributed by atoms with van der Waals surface area (Å²) >= 11 is 3.46. The average Bonchev–Trinajstić information content (AvgIpc) is 3.34. The van der Waals surface area contributed by atoms with Crippen LogP contribution in [0.15, 0.2) is 47.2 Å². The first kappa shape index (κ1) is 18.8. The number of nitro groups is 1. The number of hydrogen-bond acceptors (Lipinski definition) is 6. The summed E-state index contributed by atoms with van der Waals surface area (Å²) in [4.78, 5) is 28.1. The van der Waals surface area contributed by atoms with E-state index in [9.17, 15) is 14.9 Å². The number of rotatable bonds is 5. The third kappa shape index (κ3) is 3.71. The largest absolute Gasteiger partial charge is 0.324 e. The number of fused-ring (bicyclic) bond motifs is 1. The average molecular weight is 414 g/mol. The molecule has 2 aromatic heterocycles. The molecule has 0 saturated carbocycles. The Kier molecular flexibility index (Phi) is 5.25. The van der Waals surface area contributed by atoms with E-state index in [1.165, 1.54) is 27.5 Å². The molecule has 3 aromatic rings. The molecule has 1 atom stereocenters. The number of benzene rings is 1. The summed E-state index contributed by atoms with van der Waals surface area (Å²) in [5, 5.41) is 18.0. The molecule has 6 nitrogen and oxygen atoms in total. The number of non-ortho nitro benzene ring substituents is 1. The molecule has 0 bridgehead atoms. The van der Waals surface area contributed by atoms with Gasteiger partial charge in [-0.15, -0.1) is 22.7 Å². The van der Waals surface area contributed by atoms with Crippen LogP contribution in [0.3, 0.4) is 0 Å². The molecule has 1 N–H and O–H groups in total. The Morgan fingerprint density at radius 3 is 2.89 bits per heavy atom. The number of thiophene rings is 2. The Hall–Kier alpha value is -2.55. The van der Waals surface area contributed by atoms with Crippen LogP contribution in [-0.2, 0) is 11.2 Å². The maximum atomic E-state index is 12.8. The number of nitro benzene ring substituents is 1. The van der Waals surface area contributed by atoms with Crippen LogP contribution < -0.4 is 5.32 Å². The third-order valence-electron chi connectivity index (χ3n) is 4.93. The van der Waals surface area contributed by atoms with Crippen LogP contribution >= 0.6 is 22.7 Å². The van der Waals surface area contributed by atoms with Gasteiger partial charge >= 0.3 is 0 Å². The lowest BCUT2D eigenvalue weighted by Gasteiger charge is -2.34. The second kappa shape index (κ2) is 7.83. The molecule has 1 amide bonds. The fraction of sp³-hybridized carbons (Fsp3) is 0.250. The summed E-state index contributed by atoms with van der Waals surface area (Å²) in [5.74, 6) is -0.163. The van der Waals surface area contributed by atoms with Crippen molar-refractivity contribution in [1.82, 2.24) is 4.90 Å². The minimum Gasteiger partial charge on any atom is -0.324 e. The summed E-state index contributed by atoms with van der Waals surface area (Å²) in [6.07, 6.45) is 0.929. The SMILES string of the molecule is Cc1ccc([N+](=O)[O-])cc1NC(=O)CN1CCc2sccc2C1c1cccs1. The fourth-order valence-electron chi connectivity index (χ4n) is 3.55. The van der Waals surface area contributed by atoms with E-state index in [4.69, 9.17) is 0 Å². The van der Waals surface area contributed by atoms with E-state index < -0.39 is 4.92 Å². The van der Waals surface area contributed by atoms with Gasteiger partial charge in [-0.3, -0.25) is 19.8 Å². The minimum absolute atomic E-state index is 0.0294. The molecule has 0 aliphatic carbocycles. The molecule has 28 heavy (non-hydrogen) atoms. The molecule has 4 rings (SSSR count). The normalized spacial score (nSPS) is 16.5. The molecule has 0 fully saturated rings. The first-order chi connectivity index (χ1) is 13.5. The smallest absolute Gasteiger partial charge is 0.271 e. The first-order valence-electron chi connectivity index (χ1n) is 8.91. The molecule has 8 heteroatoms. The maximum absolute atomic E-state index is 12.8. The van der Waals surface area contributed by atoms with Gasteiger partial charge in [-0.2, -0.15) is 0 Å². The molecule has 0 spiro atoms. The van der Waals surface area contributed by atoms with Crippen LogP contribution in [0.4, 0.5) is 11.4 Å². The molecular weight excluding hydrogens is 394 g/mol. The Morgan fingerprint density at radius 1 is 1.29 bits per heavy atom. The number of nitrogens with one attached hydrogen (secondary N) is 1. The van der Waals surface area contributed by atoms with Crippen molar-refractivity contribution in [3.8, 4) is 0 Å². The summed E-state index contributed by atoms with van der Waals surface area (Å²) in [7, 11) is 0. The lowest BCUT2D eigenvalue weighted by atomic mass is 9.98. The van der Waals surface area contributed by atoms with E-state index in [1.54, 1.807) is 28.7 Å². The van der Waals surface area contributed by atoms with E-state index in [2.05, 4.69) is 33.1 Å². The molecule has 3 heterocycles. The summed E-state index contributed by atoms with van der Waals surface area (Å²) in [6.45, 7) is 2.86. The summed E-state index contributed by atoms with van der Waals surface area (Å²) in [6, 6.07) is 10.9. The van der Waals surface area contributed by atoms with Gasteiger partial charge < -0.3 is 5.32 Å². The van der Waals surface area contributed by atoms with Crippen molar-refractivity contribution in [3.63, 3.8) is 0 Å².